The lowest BCUT2D eigenvalue weighted by molar-refractivity contribution is 0.700. The predicted octanol–water partition coefficient (Wildman–Crippen LogP) is 3.53. The van der Waals surface area contributed by atoms with Crippen LogP contribution >= 0.6 is 23.1 Å². The van der Waals surface area contributed by atoms with Crippen molar-refractivity contribution in [1.82, 2.24) is 9.97 Å². The molecule has 0 spiro atoms. The van der Waals surface area contributed by atoms with Gasteiger partial charge in [0.15, 0.2) is 5.16 Å². The van der Waals surface area contributed by atoms with E-state index in [-0.39, 0.29) is 5.56 Å². The lowest BCUT2D eigenvalue weighted by Gasteiger charge is -2.09. The average molecular weight is 292 g/mol. The third-order valence-corrected chi connectivity index (χ3v) is 5.55. The van der Waals surface area contributed by atoms with Crippen LogP contribution in [-0.4, -0.2) is 15.7 Å². The van der Waals surface area contributed by atoms with E-state index < -0.39 is 0 Å². The molecule has 0 fully saturated rings. The Balaban J connectivity index is 2.06. The maximum Gasteiger partial charge on any atom is 0.260 e. The van der Waals surface area contributed by atoms with Gasteiger partial charge < -0.3 is 4.98 Å². The summed E-state index contributed by atoms with van der Waals surface area (Å²) < 4.78 is 0. The summed E-state index contributed by atoms with van der Waals surface area (Å²) in [6.45, 7) is 5.85. The van der Waals surface area contributed by atoms with Gasteiger partial charge in [0.1, 0.15) is 4.83 Å². The monoisotopic (exact) mass is 292 g/mol. The van der Waals surface area contributed by atoms with Gasteiger partial charge in [-0.15, -0.1) is 11.3 Å². The number of H-pyrrole nitrogens is 1. The molecule has 2 heterocycles. The van der Waals surface area contributed by atoms with Gasteiger partial charge in [0.25, 0.3) is 5.56 Å². The molecule has 0 aliphatic heterocycles. The number of aryl methyl sites for hydroxylation is 2. The Hall–Kier alpha value is -1.07. The van der Waals surface area contributed by atoms with Gasteiger partial charge in [0.2, 0.25) is 0 Å². The molecule has 0 aromatic carbocycles. The average Bonchev–Trinajstić information content (AvgIpc) is 2.74. The summed E-state index contributed by atoms with van der Waals surface area (Å²) in [5, 5.41) is 1.54. The van der Waals surface area contributed by atoms with E-state index in [1.807, 2.05) is 6.92 Å². The number of thioether (sulfide) groups is 1. The lowest BCUT2D eigenvalue weighted by atomic mass is 9.97. The van der Waals surface area contributed by atoms with Crippen molar-refractivity contribution in [3.8, 4) is 0 Å². The molecule has 1 aliphatic rings. The molecule has 0 bridgehead atoms. The van der Waals surface area contributed by atoms with Crippen LogP contribution in [0.15, 0.2) is 22.1 Å². The molecule has 1 N–H and O–H groups in total. The standard InChI is InChI=1S/C14H16N2OS2/c1-8(2)7-18-14-15-12(17)11-9-5-3-4-6-10(9)19-13(11)16-14/h1,3-7H2,2H3,(H,15,16,17). The van der Waals surface area contributed by atoms with Gasteiger partial charge >= 0.3 is 0 Å². The van der Waals surface area contributed by atoms with Crippen molar-refractivity contribution in [3.05, 3.63) is 32.9 Å². The molecule has 0 unspecified atom stereocenters. The SMILES string of the molecule is C=C(C)CSc1nc2sc3c(c2c(=O)[nH]1)CCCC3. The van der Waals surface area contributed by atoms with E-state index in [1.165, 1.54) is 23.3 Å². The van der Waals surface area contributed by atoms with Gasteiger partial charge in [0.05, 0.1) is 5.39 Å². The van der Waals surface area contributed by atoms with Crippen molar-refractivity contribution in [3.63, 3.8) is 0 Å². The first-order valence-corrected chi connectivity index (χ1v) is 8.27. The molecule has 3 nitrogen and oxygen atoms in total. The van der Waals surface area contributed by atoms with Crippen LogP contribution in [0, 0.1) is 0 Å². The first kappa shape index (κ1) is 12.9. The van der Waals surface area contributed by atoms with Gasteiger partial charge in [-0.1, -0.05) is 23.9 Å². The van der Waals surface area contributed by atoms with Crippen LogP contribution in [0.25, 0.3) is 10.2 Å². The number of aromatic nitrogens is 2. The minimum Gasteiger partial charge on any atom is -0.301 e. The van der Waals surface area contributed by atoms with Crippen LogP contribution in [0.1, 0.15) is 30.2 Å². The molecule has 5 heteroatoms. The first-order chi connectivity index (χ1) is 9.15. The second kappa shape index (κ2) is 5.13. The number of nitrogens with zero attached hydrogens (tertiary/aromatic N) is 1. The van der Waals surface area contributed by atoms with Crippen LogP contribution in [0.3, 0.4) is 0 Å². The topological polar surface area (TPSA) is 45.8 Å². The fourth-order valence-electron chi connectivity index (χ4n) is 2.40. The van der Waals surface area contributed by atoms with E-state index in [9.17, 15) is 4.79 Å². The Morgan fingerprint density at radius 1 is 1.47 bits per heavy atom. The molecular formula is C14H16N2OS2. The van der Waals surface area contributed by atoms with E-state index in [0.717, 1.165) is 34.4 Å². The first-order valence-electron chi connectivity index (χ1n) is 6.47. The number of rotatable bonds is 3. The summed E-state index contributed by atoms with van der Waals surface area (Å²) in [5.74, 6) is 0.791. The molecule has 0 atom stereocenters. The summed E-state index contributed by atoms with van der Waals surface area (Å²) in [7, 11) is 0. The molecule has 0 radical (unpaired) electrons. The highest BCUT2D eigenvalue weighted by molar-refractivity contribution is 7.99. The van der Waals surface area contributed by atoms with E-state index in [1.54, 1.807) is 23.1 Å². The molecule has 3 rings (SSSR count). The number of hydrogen-bond donors (Lipinski definition) is 1. The molecule has 1 aliphatic carbocycles. The van der Waals surface area contributed by atoms with Crippen LogP contribution < -0.4 is 5.56 Å². The van der Waals surface area contributed by atoms with Crippen molar-refractivity contribution in [1.29, 1.82) is 0 Å². The Kier molecular flexibility index (Phi) is 3.50. The molecule has 0 saturated carbocycles. The van der Waals surface area contributed by atoms with Gasteiger partial charge in [0, 0.05) is 10.6 Å². The molecule has 0 saturated heterocycles. The van der Waals surface area contributed by atoms with Crippen molar-refractivity contribution >= 4 is 33.3 Å². The fraction of sp³-hybridized carbons (Fsp3) is 0.429. The van der Waals surface area contributed by atoms with Crippen molar-refractivity contribution < 1.29 is 0 Å². The minimum atomic E-state index is 0.0219. The van der Waals surface area contributed by atoms with E-state index >= 15 is 0 Å². The lowest BCUT2D eigenvalue weighted by Crippen LogP contribution is -2.11. The molecule has 0 amide bonds. The van der Waals surface area contributed by atoms with E-state index in [0.29, 0.717) is 5.16 Å². The number of thiophene rings is 1. The molecule has 2 aromatic heterocycles. The Labute approximate surface area is 120 Å². The maximum atomic E-state index is 12.3. The quantitative estimate of drug-likeness (QED) is 0.535. The van der Waals surface area contributed by atoms with Crippen LogP contribution in [0.4, 0.5) is 0 Å². The van der Waals surface area contributed by atoms with Gasteiger partial charge in [-0.05, 0) is 38.2 Å². The zero-order chi connectivity index (χ0) is 13.4. The van der Waals surface area contributed by atoms with E-state index in [4.69, 9.17) is 0 Å². The number of hydrogen-bond acceptors (Lipinski definition) is 4. The normalized spacial score (nSPS) is 14.6. The molecular weight excluding hydrogens is 276 g/mol. The largest absolute Gasteiger partial charge is 0.301 e. The third kappa shape index (κ3) is 2.49. The van der Waals surface area contributed by atoms with Crippen LogP contribution in [-0.2, 0) is 12.8 Å². The summed E-state index contributed by atoms with van der Waals surface area (Å²) in [6.07, 6.45) is 4.54. The van der Waals surface area contributed by atoms with Crippen molar-refractivity contribution in [2.24, 2.45) is 0 Å². The minimum absolute atomic E-state index is 0.0219. The van der Waals surface area contributed by atoms with Crippen molar-refractivity contribution in [2.45, 2.75) is 37.8 Å². The smallest absolute Gasteiger partial charge is 0.260 e. The second-order valence-corrected chi connectivity index (χ2v) is 7.06. The fourth-order valence-corrected chi connectivity index (χ4v) is 4.43. The van der Waals surface area contributed by atoms with Crippen LogP contribution in [0.5, 0.6) is 0 Å². The highest BCUT2D eigenvalue weighted by atomic mass is 32.2. The predicted molar refractivity (Wildman–Crippen MR) is 82.4 cm³/mol. The summed E-state index contributed by atoms with van der Waals surface area (Å²) in [6, 6.07) is 0. The number of aromatic amines is 1. The van der Waals surface area contributed by atoms with Gasteiger partial charge in [-0.3, -0.25) is 4.79 Å². The second-order valence-electron chi connectivity index (χ2n) is 5.01. The number of nitrogens with one attached hydrogen (secondary N) is 1. The highest BCUT2D eigenvalue weighted by Crippen LogP contribution is 2.34. The molecule has 100 valence electrons. The highest BCUT2D eigenvalue weighted by Gasteiger charge is 2.19. The maximum absolute atomic E-state index is 12.3. The third-order valence-electron chi connectivity index (χ3n) is 3.26. The number of fused-ring (bicyclic) bond motifs is 3. The summed E-state index contributed by atoms with van der Waals surface area (Å²) >= 11 is 3.24. The Morgan fingerprint density at radius 3 is 3.05 bits per heavy atom. The zero-order valence-electron chi connectivity index (χ0n) is 10.9. The van der Waals surface area contributed by atoms with E-state index in [2.05, 4.69) is 16.5 Å². The van der Waals surface area contributed by atoms with Gasteiger partial charge in [-0.2, -0.15) is 0 Å². The van der Waals surface area contributed by atoms with Crippen molar-refractivity contribution in [2.75, 3.05) is 5.75 Å². The van der Waals surface area contributed by atoms with Crippen LogP contribution in [0.2, 0.25) is 0 Å². The molecule has 2 aromatic rings. The summed E-state index contributed by atoms with van der Waals surface area (Å²) in [4.78, 5) is 22.0. The Morgan fingerprint density at radius 2 is 2.26 bits per heavy atom. The molecule has 19 heavy (non-hydrogen) atoms. The Bertz CT molecular complexity index is 699. The van der Waals surface area contributed by atoms with Gasteiger partial charge in [-0.25, -0.2) is 4.98 Å². The zero-order valence-corrected chi connectivity index (χ0v) is 12.5. The summed E-state index contributed by atoms with van der Waals surface area (Å²) in [5.41, 5.74) is 2.35.